The Balaban J connectivity index is 3.59. The molecule has 0 aliphatic heterocycles. The Morgan fingerprint density at radius 1 is 1.45 bits per heavy atom. The van der Waals surface area contributed by atoms with Gasteiger partial charge in [-0.25, -0.2) is 0 Å². The van der Waals surface area contributed by atoms with E-state index in [2.05, 4.69) is 25.3 Å². The Kier molecular flexibility index (Phi) is 6.18. The highest BCUT2D eigenvalue weighted by Crippen LogP contribution is 1.98. The van der Waals surface area contributed by atoms with Crippen LogP contribution in [0.2, 0.25) is 0 Å². The quantitative estimate of drug-likeness (QED) is 0.586. The summed E-state index contributed by atoms with van der Waals surface area (Å²) in [6.07, 6.45) is 3.00. The fraction of sp³-hybridized carbons (Fsp3) is 0.778. The summed E-state index contributed by atoms with van der Waals surface area (Å²) in [6.45, 7) is 10.9. The van der Waals surface area contributed by atoms with Gasteiger partial charge < -0.3 is 5.73 Å². The van der Waals surface area contributed by atoms with Crippen LogP contribution in [-0.4, -0.2) is 30.6 Å². The highest BCUT2D eigenvalue weighted by Gasteiger charge is 2.05. The van der Waals surface area contributed by atoms with Gasteiger partial charge in [0.2, 0.25) is 0 Å². The fourth-order valence-electron chi connectivity index (χ4n) is 1.05. The minimum Gasteiger partial charge on any atom is -0.329 e. The van der Waals surface area contributed by atoms with E-state index in [4.69, 9.17) is 5.73 Å². The third kappa shape index (κ3) is 4.99. The molecule has 11 heavy (non-hydrogen) atoms. The molecule has 2 heteroatoms. The van der Waals surface area contributed by atoms with Gasteiger partial charge in [0.25, 0.3) is 0 Å². The molecule has 0 aromatic rings. The minimum atomic E-state index is 0.596. The molecular formula is C9H20N2. The molecule has 0 aromatic heterocycles. The van der Waals surface area contributed by atoms with Crippen LogP contribution >= 0.6 is 0 Å². The van der Waals surface area contributed by atoms with Crippen molar-refractivity contribution >= 4 is 0 Å². The first-order valence-corrected chi connectivity index (χ1v) is 4.27. The summed E-state index contributed by atoms with van der Waals surface area (Å²) in [5, 5.41) is 0. The monoisotopic (exact) mass is 156 g/mol. The van der Waals surface area contributed by atoms with E-state index < -0.39 is 0 Å². The molecule has 66 valence electrons. The van der Waals surface area contributed by atoms with Gasteiger partial charge in [-0.3, -0.25) is 4.90 Å². The molecule has 2 N–H and O–H groups in total. The predicted octanol–water partition coefficient (Wildman–Crippen LogP) is 1.23. The van der Waals surface area contributed by atoms with E-state index in [1.807, 2.05) is 6.08 Å². The van der Waals surface area contributed by atoms with Crippen LogP contribution in [0.1, 0.15) is 20.3 Å². The lowest BCUT2D eigenvalue weighted by molar-refractivity contribution is 0.232. The highest BCUT2D eigenvalue weighted by atomic mass is 15.1. The molecule has 0 saturated heterocycles. The molecule has 0 rings (SSSR count). The maximum absolute atomic E-state index is 5.47. The van der Waals surface area contributed by atoms with Crippen molar-refractivity contribution in [3.05, 3.63) is 12.7 Å². The van der Waals surface area contributed by atoms with Crippen molar-refractivity contribution in [3.8, 4) is 0 Å². The van der Waals surface area contributed by atoms with Gasteiger partial charge in [0.1, 0.15) is 0 Å². The summed E-state index contributed by atoms with van der Waals surface area (Å²) in [6, 6.07) is 0.596. The van der Waals surface area contributed by atoms with Gasteiger partial charge >= 0.3 is 0 Å². The average molecular weight is 156 g/mol. The normalized spacial score (nSPS) is 11.0. The zero-order valence-corrected chi connectivity index (χ0v) is 7.71. The third-order valence-corrected chi connectivity index (χ3v) is 1.77. The van der Waals surface area contributed by atoms with Crippen molar-refractivity contribution in [1.82, 2.24) is 4.90 Å². The second-order valence-electron chi connectivity index (χ2n) is 3.00. The number of nitrogens with zero attached hydrogens (tertiary/aromatic N) is 1. The number of rotatable bonds is 6. The van der Waals surface area contributed by atoms with Crippen LogP contribution in [-0.2, 0) is 0 Å². The molecule has 0 saturated carbocycles. The lowest BCUT2D eigenvalue weighted by Gasteiger charge is -2.24. The molecular weight excluding hydrogens is 136 g/mol. The van der Waals surface area contributed by atoms with Gasteiger partial charge in [-0.2, -0.15) is 0 Å². The van der Waals surface area contributed by atoms with Crippen LogP contribution in [0.5, 0.6) is 0 Å². The maximum Gasteiger partial charge on any atom is 0.0107 e. The second-order valence-corrected chi connectivity index (χ2v) is 3.00. The SMILES string of the molecule is C=CCCN(CCN)C(C)C. The van der Waals surface area contributed by atoms with Crippen molar-refractivity contribution in [3.63, 3.8) is 0 Å². The first-order valence-electron chi connectivity index (χ1n) is 4.27. The van der Waals surface area contributed by atoms with Gasteiger partial charge in [0.15, 0.2) is 0 Å². The Labute approximate surface area is 70.1 Å². The van der Waals surface area contributed by atoms with Gasteiger partial charge in [0.05, 0.1) is 0 Å². The second kappa shape index (κ2) is 6.38. The van der Waals surface area contributed by atoms with Crippen LogP contribution < -0.4 is 5.73 Å². The molecule has 0 aromatic carbocycles. The van der Waals surface area contributed by atoms with Crippen LogP contribution in [0.3, 0.4) is 0 Å². The van der Waals surface area contributed by atoms with Crippen LogP contribution in [0.25, 0.3) is 0 Å². The Bertz CT molecular complexity index is 99.7. The largest absolute Gasteiger partial charge is 0.329 e. The van der Waals surface area contributed by atoms with Crippen molar-refractivity contribution in [2.24, 2.45) is 5.73 Å². The standard InChI is InChI=1S/C9H20N2/c1-4-5-7-11(8-6-10)9(2)3/h4,9H,1,5-8,10H2,2-3H3. The minimum absolute atomic E-state index is 0.596. The number of hydrogen-bond acceptors (Lipinski definition) is 2. The Morgan fingerprint density at radius 2 is 2.09 bits per heavy atom. The van der Waals surface area contributed by atoms with Gasteiger partial charge in [-0.15, -0.1) is 6.58 Å². The van der Waals surface area contributed by atoms with Crippen molar-refractivity contribution in [2.45, 2.75) is 26.3 Å². The van der Waals surface area contributed by atoms with Gasteiger partial charge in [-0.05, 0) is 20.3 Å². The first-order chi connectivity index (χ1) is 5.22. The molecule has 0 bridgehead atoms. The maximum atomic E-state index is 5.47. The van der Waals surface area contributed by atoms with Crippen LogP contribution in [0.4, 0.5) is 0 Å². The summed E-state index contributed by atoms with van der Waals surface area (Å²) < 4.78 is 0. The molecule has 0 aliphatic carbocycles. The summed E-state index contributed by atoms with van der Waals surface area (Å²) >= 11 is 0. The molecule has 0 amide bonds. The van der Waals surface area contributed by atoms with Crippen molar-refractivity contribution in [2.75, 3.05) is 19.6 Å². The molecule has 2 nitrogen and oxygen atoms in total. The molecule has 0 atom stereocenters. The summed E-state index contributed by atoms with van der Waals surface area (Å²) in [5.74, 6) is 0. The zero-order chi connectivity index (χ0) is 8.69. The molecule has 0 spiro atoms. The van der Waals surface area contributed by atoms with Gasteiger partial charge in [-0.1, -0.05) is 6.08 Å². The molecule has 0 aliphatic rings. The number of hydrogen-bond donors (Lipinski definition) is 1. The highest BCUT2D eigenvalue weighted by molar-refractivity contribution is 4.71. The molecule has 0 heterocycles. The zero-order valence-electron chi connectivity index (χ0n) is 7.71. The van der Waals surface area contributed by atoms with Gasteiger partial charge in [0, 0.05) is 25.7 Å². The van der Waals surface area contributed by atoms with E-state index >= 15 is 0 Å². The Morgan fingerprint density at radius 3 is 2.45 bits per heavy atom. The van der Waals surface area contributed by atoms with E-state index in [9.17, 15) is 0 Å². The fourth-order valence-corrected chi connectivity index (χ4v) is 1.05. The summed E-state index contributed by atoms with van der Waals surface area (Å²) in [5.41, 5.74) is 5.47. The van der Waals surface area contributed by atoms with Crippen LogP contribution in [0, 0.1) is 0 Å². The average Bonchev–Trinajstić information content (AvgIpc) is 1.97. The third-order valence-electron chi connectivity index (χ3n) is 1.77. The van der Waals surface area contributed by atoms with Crippen molar-refractivity contribution in [1.29, 1.82) is 0 Å². The Hall–Kier alpha value is -0.340. The first kappa shape index (κ1) is 10.7. The van der Waals surface area contributed by atoms with E-state index in [0.29, 0.717) is 6.04 Å². The smallest absolute Gasteiger partial charge is 0.0107 e. The van der Waals surface area contributed by atoms with E-state index in [1.54, 1.807) is 0 Å². The van der Waals surface area contributed by atoms with E-state index in [1.165, 1.54) is 0 Å². The van der Waals surface area contributed by atoms with E-state index in [0.717, 1.165) is 26.1 Å². The lowest BCUT2D eigenvalue weighted by Crippen LogP contribution is -2.35. The summed E-state index contributed by atoms with van der Waals surface area (Å²) in [4.78, 5) is 2.36. The van der Waals surface area contributed by atoms with Crippen molar-refractivity contribution < 1.29 is 0 Å². The number of nitrogens with two attached hydrogens (primary N) is 1. The summed E-state index contributed by atoms with van der Waals surface area (Å²) in [7, 11) is 0. The molecule has 0 unspecified atom stereocenters. The van der Waals surface area contributed by atoms with E-state index in [-0.39, 0.29) is 0 Å². The molecule has 0 fully saturated rings. The lowest BCUT2D eigenvalue weighted by atomic mass is 10.3. The molecule has 0 radical (unpaired) electrons. The predicted molar refractivity (Wildman–Crippen MR) is 50.6 cm³/mol. The van der Waals surface area contributed by atoms with Crippen LogP contribution in [0.15, 0.2) is 12.7 Å². The topological polar surface area (TPSA) is 29.3 Å².